The van der Waals surface area contributed by atoms with Gasteiger partial charge < -0.3 is 10.2 Å². The summed E-state index contributed by atoms with van der Waals surface area (Å²) in [4.78, 5) is 6.51. The summed E-state index contributed by atoms with van der Waals surface area (Å²) < 4.78 is 5.65. The molecule has 0 saturated carbocycles. The number of nitrogens with one attached hydrogen (secondary N) is 1. The second kappa shape index (κ2) is 5.95. The Labute approximate surface area is 102 Å². The smallest absolute Gasteiger partial charge is 0.140 e. The number of nitrogen functional groups attached to an aromatic ring is 1. The number of morpholine rings is 1. The van der Waals surface area contributed by atoms with Crippen LogP contribution in [0, 0.1) is 0 Å². The Bertz CT molecular complexity index is 358. The Balaban J connectivity index is 1.95. The van der Waals surface area contributed by atoms with Gasteiger partial charge in [0.2, 0.25) is 0 Å². The van der Waals surface area contributed by atoms with Crippen LogP contribution in [0.3, 0.4) is 0 Å². The highest BCUT2D eigenvalue weighted by atomic mass is 16.5. The topological polar surface area (TPSA) is 63.4 Å². The fraction of sp³-hybridized carbons (Fsp3) is 0.583. The summed E-state index contributed by atoms with van der Waals surface area (Å²) in [6.45, 7) is 5.91. The molecule has 1 atom stereocenters. The predicted octanol–water partition coefficient (Wildman–Crippen LogP) is 0.978. The van der Waals surface area contributed by atoms with Crippen molar-refractivity contribution in [3.8, 4) is 0 Å². The highest BCUT2D eigenvalue weighted by Crippen LogP contribution is 2.13. The number of anilines is 1. The fourth-order valence-electron chi connectivity index (χ4n) is 2.08. The van der Waals surface area contributed by atoms with E-state index in [1.807, 2.05) is 12.1 Å². The molecule has 0 spiro atoms. The predicted molar refractivity (Wildman–Crippen MR) is 67.4 cm³/mol. The summed E-state index contributed by atoms with van der Waals surface area (Å²) in [6, 6.07) is 4.01. The third-order valence-corrected chi connectivity index (χ3v) is 3.06. The average molecular weight is 236 g/mol. The third-order valence-electron chi connectivity index (χ3n) is 3.06. The van der Waals surface area contributed by atoms with Crippen LogP contribution in [-0.4, -0.2) is 35.7 Å². The van der Waals surface area contributed by atoms with E-state index in [4.69, 9.17) is 10.6 Å². The summed E-state index contributed by atoms with van der Waals surface area (Å²) in [6.07, 6.45) is 3.22. The SMILES string of the molecule is CCC1CN(Cc2ccnc(NN)c2)CCO1. The van der Waals surface area contributed by atoms with Crippen molar-refractivity contribution in [2.45, 2.75) is 26.0 Å². The van der Waals surface area contributed by atoms with E-state index in [0.717, 1.165) is 32.7 Å². The van der Waals surface area contributed by atoms with Crippen molar-refractivity contribution in [3.63, 3.8) is 0 Å². The Morgan fingerprint density at radius 3 is 3.29 bits per heavy atom. The highest BCUT2D eigenvalue weighted by molar-refractivity contribution is 5.35. The van der Waals surface area contributed by atoms with Crippen molar-refractivity contribution >= 4 is 5.82 Å². The number of hydrazine groups is 1. The number of aromatic nitrogens is 1. The summed E-state index contributed by atoms with van der Waals surface area (Å²) >= 11 is 0. The van der Waals surface area contributed by atoms with Crippen LogP contribution in [0.5, 0.6) is 0 Å². The number of ether oxygens (including phenoxy) is 1. The number of rotatable bonds is 4. The van der Waals surface area contributed by atoms with Crippen molar-refractivity contribution in [3.05, 3.63) is 23.9 Å². The summed E-state index contributed by atoms with van der Waals surface area (Å²) in [7, 11) is 0. The maximum atomic E-state index is 5.65. The molecular weight excluding hydrogens is 216 g/mol. The maximum absolute atomic E-state index is 5.65. The lowest BCUT2D eigenvalue weighted by Crippen LogP contribution is -2.41. The molecule has 0 amide bonds. The van der Waals surface area contributed by atoms with Crippen LogP contribution >= 0.6 is 0 Å². The Morgan fingerprint density at radius 2 is 2.53 bits per heavy atom. The molecule has 2 heterocycles. The molecule has 1 fully saturated rings. The van der Waals surface area contributed by atoms with E-state index >= 15 is 0 Å². The zero-order chi connectivity index (χ0) is 12.1. The first-order chi connectivity index (χ1) is 8.31. The van der Waals surface area contributed by atoms with Crippen LogP contribution in [0.4, 0.5) is 5.82 Å². The molecule has 1 aliphatic heterocycles. The van der Waals surface area contributed by atoms with E-state index in [2.05, 4.69) is 22.2 Å². The maximum Gasteiger partial charge on any atom is 0.140 e. The average Bonchev–Trinajstić information content (AvgIpc) is 2.39. The largest absolute Gasteiger partial charge is 0.376 e. The van der Waals surface area contributed by atoms with Gasteiger partial charge in [-0.2, -0.15) is 0 Å². The molecule has 94 valence electrons. The lowest BCUT2D eigenvalue weighted by atomic mass is 10.2. The van der Waals surface area contributed by atoms with Gasteiger partial charge in [-0.3, -0.25) is 4.90 Å². The number of pyridine rings is 1. The normalized spacial score (nSPS) is 21.4. The first-order valence-electron chi connectivity index (χ1n) is 6.07. The second-order valence-electron chi connectivity index (χ2n) is 4.33. The van der Waals surface area contributed by atoms with Crippen LogP contribution in [0.25, 0.3) is 0 Å². The second-order valence-corrected chi connectivity index (χ2v) is 4.33. The quantitative estimate of drug-likeness (QED) is 0.602. The first kappa shape index (κ1) is 12.3. The van der Waals surface area contributed by atoms with Gasteiger partial charge in [0.1, 0.15) is 5.82 Å². The summed E-state index contributed by atoms with van der Waals surface area (Å²) in [5, 5.41) is 0. The van der Waals surface area contributed by atoms with Crippen LogP contribution in [-0.2, 0) is 11.3 Å². The van der Waals surface area contributed by atoms with Crippen LogP contribution in [0.2, 0.25) is 0 Å². The van der Waals surface area contributed by atoms with Gasteiger partial charge in [0.15, 0.2) is 0 Å². The van der Waals surface area contributed by atoms with Crippen molar-refractivity contribution in [1.82, 2.24) is 9.88 Å². The molecule has 2 rings (SSSR count). The highest BCUT2D eigenvalue weighted by Gasteiger charge is 2.18. The number of hydrogen-bond acceptors (Lipinski definition) is 5. The van der Waals surface area contributed by atoms with E-state index in [1.54, 1.807) is 6.20 Å². The van der Waals surface area contributed by atoms with Crippen molar-refractivity contribution in [2.75, 3.05) is 25.1 Å². The molecule has 0 aliphatic carbocycles. The molecule has 1 saturated heterocycles. The van der Waals surface area contributed by atoms with Crippen LogP contribution < -0.4 is 11.3 Å². The molecule has 3 N–H and O–H groups in total. The van der Waals surface area contributed by atoms with Gasteiger partial charge in [-0.05, 0) is 24.1 Å². The summed E-state index contributed by atoms with van der Waals surface area (Å²) in [5.74, 6) is 6.06. The van der Waals surface area contributed by atoms with E-state index in [9.17, 15) is 0 Å². The zero-order valence-electron chi connectivity index (χ0n) is 10.2. The molecule has 1 aromatic heterocycles. The Morgan fingerprint density at radius 1 is 1.65 bits per heavy atom. The van der Waals surface area contributed by atoms with Crippen LogP contribution in [0.15, 0.2) is 18.3 Å². The zero-order valence-corrected chi connectivity index (χ0v) is 10.2. The van der Waals surface area contributed by atoms with E-state index in [-0.39, 0.29) is 0 Å². The molecule has 0 bridgehead atoms. The molecule has 17 heavy (non-hydrogen) atoms. The van der Waals surface area contributed by atoms with Gasteiger partial charge in [0.05, 0.1) is 12.7 Å². The van der Waals surface area contributed by atoms with Gasteiger partial charge in [-0.15, -0.1) is 0 Å². The van der Waals surface area contributed by atoms with Gasteiger partial charge >= 0.3 is 0 Å². The van der Waals surface area contributed by atoms with Gasteiger partial charge in [-0.1, -0.05) is 6.92 Å². The van der Waals surface area contributed by atoms with Crippen molar-refractivity contribution < 1.29 is 4.74 Å². The molecule has 0 radical (unpaired) electrons. The summed E-state index contributed by atoms with van der Waals surface area (Å²) in [5.41, 5.74) is 3.80. The minimum absolute atomic E-state index is 0.373. The van der Waals surface area contributed by atoms with E-state index in [0.29, 0.717) is 11.9 Å². The minimum atomic E-state index is 0.373. The molecule has 0 aromatic carbocycles. The fourth-order valence-corrected chi connectivity index (χ4v) is 2.08. The molecule has 1 aliphatic rings. The molecule has 5 heteroatoms. The molecular formula is C12H20N4O. The first-order valence-corrected chi connectivity index (χ1v) is 6.07. The Kier molecular flexibility index (Phi) is 4.30. The molecule has 1 unspecified atom stereocenters. The number of nitrogens with zero attached hydrogens (tertiary/aromatic N) is 2. The minimum Gasteiger partial charge on any atom is -0.376 e. The standard InChI is InChI=1S/C12H20N4O/c1-2-11-9-16(5-6-17-11)8-10-3-4-14-12(7-10)15-13/h3-4,7,11H,2,5-6,8-9,13H2,1H3,(H,14,15). The van der Waals surface area contributed by atoms with Crippen LogP contribution in [0.1, 0.15) is 18.9 Å². The lowest BCUT2D eigenvalue weighted by Gasteiger charge is -2.32. The molecule has 1 aromatic rings. The van der Waals surface area contributed by atoms with Crippen molar-refractivity contribution in [2.24, 2.45) is 5.84 Å². The van der Waals surface area contributed by atoms with E-state index in [1.165, 1.54) is 5.56 Å². The number of nitrogens with two attached hydrogens (primary N) is 1. The molecule has 5 nitrogen and oxygen atoms in total. The lowest BCUT2D eigenvalue weighted by molar-refractivity contribution is -0.0324. The van der Waals surface area contributed by atoms with Gasteiger partial charge in [0.25, 0.3) is 0 Å². The van der Waals surface area contributed by atoms with E-state index < -0.39 is 0 Å². The third kappa shape index (κ3) is 3.39. The van der Waals surface area contributed by atoms with Gasteiger partial charge in [0, 0.05) is 25.8 Å². The van der Waals surface area contributed by atoms with Crippen molar-refractivity contribution in [1.29, 1.82) is 0 Å². The monoisotopic (exact) mass is 236 g/mol. The number of hydrogen-bond donors (Lipinski definition) is 2. The van der Waals surface area contributed by atoms with Gasteiger partial charge in [-0.25, -0.2) is 10.8 Å². The Hall–Kier alpha value is -1.17.